The van der Waals surface area contributed by atoms with E-state index in [1.54, 1.807) is 35.7 Å². The molecule has 3 heterocycles. The van der Waals surface area contributed by atoms with E-state index in [0.29, 0.717) is 26.3 Å². The molecular formula is C24H19FN4O2S. The van der Waals surface area contributed by atoms with Crippen LogP contribution in [0.1, 0.15) is 34.8 Å². The average Bonchev–Trinajstić information content (AvgIpc) is 3.43. The normalized spacial score (nSPS) is 12.3. The number of imidazole rings is 1. The maximum Gasteiger partial charge on any atom is 0.274 e. The van der Waals surface area contributed by atoms with Gasteiger partial charge in [0.25, 0.3) is 5.56 Å². The molecule has 8 heteroatoms. The minimum Gasteiger partial charge on any atom is -0.273 e. The molecule has 0 saturated carbocycles. The van der Waals surface area contributed by atoms with Crippen LogP contribution in [-0.4, -0.2) is 25.1 Å². The Morgan fingerprint density at radius 2 is 1.88 bits per heavy atom. The number of nitrogens with zero attached hydrogens (tertiary/aromatic N) is 4. The van der Waals surface area contributed by atoms with Gasteiger partial charge in [0.1, 0.15) is 11.5 Å². The lowest BCUT2D eigenvalue weighted by molar-refractivity contribution is 0.0893. The van der Waals surface area contributed by atoms with Gasteiger partial charge in [-0.05, 0) is 67.4 Å². The molecule has 0 aliphatic heterocycles. The zero-order valence-corrected chi connectivity index (χ0v) is 18.5. The molecule has 6 nitrogen and oxygen atoms in total. The van der Waals surface area contributed by atoms with Crippen LogP contribution in [0.4, 0.5) is 4.39 Å². The SMILES string of the molecule is CCC(=O)n1cc(C=c2sc3nc4cc(C)c(C)cc4n3c2=O)c(-c2ccc(F)cc2)n1. The summed E-state index contributed by atoms with van der Waals surface area (Å²) >= 11 is 1.29. The minimum atomic E-state index is -0.359. The number of thiazole rings is 1. The fourth-order valence-corrected chi connectivity index (χ4v) is 4.65. The maximum absolute atomic E-state index is 13.4. The van der Waals surface area contributed by atoms with Gasteiger partial charge in [0.05, 0.1) is 15.6 Å². The lowest BCUT2D eigenvalue weighted by Gasteiger charge is -1.99. The molecule has 0 aliphatic carbocycles. The van der Waals surface area contributed by atoms with Gasteiger partial charge < -0.3 is 0 Å². The molecule has 0 aliphatic rings. The molecule has 3 aromatic heterocycles. The Hall–Kier alpha value is -3.65. The summed E-state index contributed by atoms with van der Waals surface area (Å²) in [4.78, 5) is 30.7. The standard InChI is InChI=1S/C24H19FN4O2S/c1-4-21(30)28-12-16(22(27-28)15-5-7-17(25)8-6-15)11-20-23(31)29-19-10-14(3)13(2)9-18(19)26-24(29)32-20/h5-12H,4H2,1-3H3. The van der Waals surface area contributed by atoms with Crippen LogP contribution in [0.25, 0.3) is 33.3 Å². The van der Waals surface area contributed by atoms with Crippen LogP contribution >= 0.6 is 11.3 Å². The highest BCUT2D eigenvalue weighted by molar-refractivity contribution is 7.15. The maximum atomic E-state index is 13.4. The third kappa shape index (κ3) is 3.23. The molecule has 0 N–H and O–H groups in total. The first-order valence-electron chi connectivity index (χ1n) is 10.2. The quantitative estimate of drug-likeness (QED) is 0.418. The van der Waals surface area contributed by atoms with Crippen molar-refractivity contribution in [3.63, 3.8) is 0 Å². The summed E-state index contributed by atoms with van der Waals surface area (Å²) in [6.45, 7) is 5.78. The third-order valence-corrected chi connectivity index (χ3v) is 6.53. The zero-order chi connectivity index (χ0) is 22.6. The number of rotatable bonds is 3. The van der Waals surface area contributed by atoms with Gasteiger partial charge in [-0.2, -0.15) is 5.10 Å². The minimum absolute atomic E-state index is 0.171. The number of benzene rings is 2. The highest BCUT2D eigenvalue weighted by Crippen LogP contribution is 2.24. The van der Waals surface area contributed by atoms with Crippen molar-refractivity contribution in [2.75, 3.05) is 0 Å². The Labute approximate surface area is 186 Å². The topological polar surface area (TPSA) is 69.3 Å². The van der Waals surface area contributed by atoms with Crippen LogP contribution in [0, 0.1) is 19.7 Å². The largest absolute Gasteiger partial charge is 0.274 e. The number of carbonyl (C=O) groups is 1. The number of hydrogen-bond donors (Lipinski definition) is 0. The summed E-state index contributed by atoms with van der Waals surface area (Å²) in [6.07, 6.45) is 3.62. The van der Waals surface area contributed by atoms with E-state index in [1.165, 1.54) is 28.2 Å². The second-order valence-electron chi connectivity index (χ2n) is 7.70. The van der Waals surface area contributed by atoms with Crippen molar-refractivity contribution < 1.29 is 9.18 Å². The van der Waals surface area contributed by atoms with Gasteiger partial charge in [0.2, 0.25) is 5.91 Å². The van der Waals surface area contributed by atoms with Gasteiger partial charge in [-0.1, -0.05) is 18.3 Å². The van der Waals surface area contributed by atoms with Crippen molar-refractivity contribution in [1.29, 1.82) is 0 Å². The molecule has 0 spiro atoms. The lowest BCUT2D eigenvalue weighted by Crippen LogP contribution is -2.22. The van der Waals surface area contributed by atoms with Crippen LogP contribution in [0.5, 0.6) is 0 Å². The summed E-state index contributed by atoms with van der Waals surface area (Å²) in [5.41, 5.74) is 5.38. The van der Waals surface area contributed by atoms with Crippen molar-refractivity contribution in [2.24, 2.45) is 0 Å². The summed E-state index contributed by atoms with van der Waals surface area (Å²) < 4.78 is 16.8. The number of fused-ring (bicyclic) bond motifs is 3. The van der Waals surface area contributed by atoms with E-state index in [9.17, 15) is 14.0 Å². The first-order chi connectivity index (χ1) is 15.4. The van der Waals surface area contributed by atoms with E-state index in [1.807, 2.05) is 26.0 Å². The van der Waals surface area contributed by atoms with E-state index in [4.69, 9.17) is 0 Å². The van der Waals surface area contributed by atoms with E-state index < -0.39 is 0 Å². The second kappa shape index (κ2) is 7.49. The molecule has 0 radical (unpaired) electrons. The highest BCUT2D eigenvalue weighted by Gasteiger charge is 2.16. The van der Waals surface area contributed by atoms with E-state index in [-0.39, 0.29) is 23.7 Å². The molecule has 0 unspecified atom stereocenters. The number of aryl methyl sites for hydroxylation is 2. The number of aromatic nitrogens is 4. The number of hydrogen-bond acceptors (Lipinski definition) is 5. The fraction of sp³-hybridized carbons (Fsp3) is 0.167. The van der Waals surface area contributed by atoms with Gasteiger partial charge in [-0.3, -0.25) is 9.59 Å². The fourth-order valence-electron chi connectivity index (χ4n) is 3.67. The first kappa shape index (κ1) is 20.3. The summed E-state index contributed by atoms with van der Waals surface area (Å²) in [6, 6.07) is 9.86. The lowest BCUT2D eigenvalue weighted by atomic mass is 10.1. The van der Waals surface area contributed by atoms with Crippen molar-refractivity contribution in [3.8, 4) is 11.3 Å². The molecule has 5 rings (SSSR count). The summed E-state index contributed by atoms with van der Waals surface area (Å²) in [5.74, 6) is -0.532. The molecule has 32 heavy (non-hydrogen) atoms. The van der Waals surface area contributed by atoms with Gasteiger partial charge >= 0.3 is 0 Å². The molecule has 0 amide bonds. The van der Waals surface area contributed by atoms with Crippen molar-refractivity contribution >= 4 is 39.3 Å². The van der Waals surface area contributed by atoms with Gasteiger partial charge in [0, 0.05) is 23.7 Å². The molecule has 0 bridgehead atoms. The Kier molecular flexibility index (Phi) is 4.74. The predicted molar refractivity (Wildman–Crippen MR) is 124 cm³/mol. The predicted octanol–water partition coefficient (Wildman–Crippen LogP) is 4.13. The molecule has 2 aromatic carbocycles. The number of carbonyl (C=O) groups excluding carboxylic acids is 1. The van der Waals surface area contributed by atoms with Crippen LogP contribution in [-0.2, 0) is 0 Å². The molecule has 0 atom stereocenters. The molecule has 0 saturated heterocycles. The third-order valence-electron chi connectivity index (χ3n) is 5.56. The van der Waals surface area contributed by atoms with Crippen LogP contribution in [0.2, 0.25) is 0 Å². The summed E-state index contributed by atoms with van der Waals surface area (Å²) in [5, 5.41) is 4.41. The Bertz CT molecular complexity index is 1630. The monoisotopic (exact) mass is 446 g/mol. The first-order valence-corrected chi connectivity index (χ1v) is 11.0. The average molecular weight is 447 g/mol. The Morgan fingerprint density at radius 3 is 2.59 bits per heavy atom. The smallest absolute Gasteiger partial charge is 0.273 e. The highest BCUT2D eigenvalue weighted by atomic mass is 32.1. The second-order valence-corrected chi connectivity index (χ2v) is 8.71. The van der Waals surface area contributed by atoms with E-state index >= 15 is 0 Å². The van der Waals surface area contributed by atoms with E-state index in [2.05, 4.69) is 10.1 Å². The van der Waals surface area contributed by atoms with Crippen molar-refractivity contribution in [1.82, 2.24) is 19.2 Å². The molecule has 0 fully saturated rings. The van der Waals surface area contributed by atoms with Crippen molar-refractivity contribution in [3.05, 3.63) is 80.0 Å². The van der Waals surface area contributed by atoms with Gasteiger partial charge in [-0.25, -0.2) is 18.5 Å². The van der Waals surface area contributed by atoms with Crippen molar-refractivity contribution in [2.45, 2.75) is 27.2 Å². The van der Waals surface area contributed by atoms with E-state index in [0.717, 1.165) is 22.2 Å². The molecule has 5 aromatic rings. The van der Waals surface area contributed by atoms with Gasteiger partial charge in [0.15, 0.2) is 4.96 Å². The summed E-state index contributed by atoms with van der Waals surface area (Å²) in [7, 11) is 0. The number of halogens is 1. The Morgan fingerprint density at radius 1 is 1.16 bits per heavy atom. The zero-order valence-electron chi connectivity index (χ0n) is 17.7. The Balaban J connectivity index is 1.73. The van der Waals surface area contributed by atoms with Crippen LogP contribution in [0.15, 0.2) is 47.4 Å². The molecule has 160 valence electrons. The van der Waals surface area contributed by atoms with Crippen LogP contribution < -0.4 is 10.1 Å². The van der Waals surface area contributed by atoms with Gasteiger partial charge in [-0.15, -0.1) is 0 Å². The molecular weight excluding hydrogens is 427 g/mol. The van der Waals surface area contributed by atoms with Crippen LogP contribution in [0.3, 0.4) is 0 Å².